The van der Waals surface area contributed by atoms with Gasteiger partial charge in [-0.25, -0.2) is 19.2 Å². The first-order valence-electron chi connectivity index (χ1n) is 10.1. The fraction of sp³-hybridized carbons (Fsp3) is 0.450. The molecule has 0 spiro atoms. The van der Waals surface area contributed by atoms with E-state index in [1.165, 1.54) is 28.7 Å². The number of amides is 2. The zero-order chi connectivity index (χ0) is 23.0. The summed E-state index contributed by atoms with van der Waals surface area (Å²) in [5.74, 6) is 0.0815. The Morgan fingerprint density at radius 2 is 2.16 bits per heavy atom. The van der Waals surface area contributed by atoms with E-state index >= 15 is 0 Å². The van der Waals surface area contributed by atoms with Gasteiger partial charge in [0.25, 0.3) is 0 Å². The number of nitrogens with two attached hydrogens (primary N) is 1. The van der Waals surface area contributed by atoms with Crippen LogP contribution in [-0.4, -0.2) is 81.8 Å². The Morgan fingerprint density at radius 1 is 1.38 bits per heavy atom. The molecule has 1 saturated heterocycles. The Bertz CT molecular complexity index is 1200. The molecule has 0 radical (unpaired) electrons. The van der Waals surface area contributed by atoms with Gasteiger partial charge >= 0.3 is 6.09 Å². The Balaban J connectivity index is 1.41. The quantitative estimate of drug-likeness (QED) is 0.538. The summed E-state index contributed by atoms with van der Waals surface area (Å²) in [5.41, 5.74) is 6.89. The molecule has 11 nitrogen and oxygen atoms in total. The van der Waals surface area contributed by atoms with Gasteiger partial charge in [0.1, 0.15) is 12.6 Å². The van der Waals surface area contributed by atoms with E-state index in [-0.39, 0.29) is 24.2 Å². The van der Waals surface area contributed by atoms with Crippen LogP contribution in [0.4, 0.5) is 15.1 Å². The molecule has 4 rings (SSSR count). The minimum atomic E-state index is -0.588. The molecule has 2 aromatic heterocycles. The summed E-state index contributed by atoms with van der Waals surface area (Å²) in [6.45, 7) is 0.585. The fourth-order valence-electron chi connectivity index (χ4n) is 3.66. The number of likely N-dealkylation sites (N-methyl/N-ethyl adjacent to an activating group) is 2. The molecule has 3 heterocycles. The molecule has 32 heavy (non-hydrogen) atoms. The SMILES string of the molecule is COc1cc2nc(N)n3nc(CCCCN(C)C(=O)[C@@H]4COC(=O)N4C)nc3c2cc1F. The minimum Gasteiger partial charge on any atom is -0.494 e. The van der Waals surface area contributed by atoms with Gasteiger partial charge in [-0.15, -0.1) is 5.10 Å². The molecule has 12 heteroatoms. The Hall–Kier alpha value is -3.70. The molecule has 3 aromatic rings. The number of benzene rings is 1. The van der Waals surface area contributed by atoms with E-state index in [1.54, 1.807) is 19.0 Å². The normalized spacial score (nSPS) is 16.1. The van der Waals surface area contributed by atoms with Crippen molar-refractivity contribution in [1.82, 2.24) is 29.4 Å². The van der Waals surface area contributed by atoms with E-state index in [9.17, 15) is 14.0 Å². The van der Waals surface area contributed by atoms with Crippen LogP contribution in [0.25, 0.3) is 16.6 Å². The fourth-order valence-corrected chi connectivity index (χ4v) is 3.66. The number of methoxy groups -OCH3 is 1. The smallest absolute Gasteiger partial charge is 0.410 e. The third kappa shape index (κ3) is 3.83. The number of carbonyl (C=O) groups excluding carboxylic acids is 2. The lowest BCUT2D eigenvalue weighted by Crippen LogP contribution is -2.45. The maximum absolute atomic E-state index is 14.2. The molecule has 1 fully saturated rings. The molecule has 0 bridgehead atoms. The molecule has 1 aromatic carbocycles. The number of halogens is 1. The van der Waals surface area contributed by atoms with E-state index in [1.807, 2.05) is 0 Å². The van der Waals surface area contributed by atoms with Crippen molar-refractivity contribution in [3.63, 3.8) is 0 Å². The van der Waals surface area contributed by atoms with Gasteiger partial charge in [-0.05, 0) is 18.9 Å². The highest BCUT2D eigenvalue weighted by atomic mass is 19.1. The largest absolute Gasteiger partial charge is 0.494 e. The van der Waals surface area contributed by atoms with Gasteiger partial charge < -0.3 is 20.1 Å². The van der Waals surface area contributed by atoms with Gasteiger partial charge in [0, 0.05) is 38.5 Å². The molecular weight excluding hydrogens is 421 g/mol. The number of rotatable bonds is 7. The van der Waals surface area contributed by atoms with Gasteiger partial charge in [-0.1, -0.05) is 0 Å². The number of aryl methyl sites for hydroxylation is 1. The minimum absolute atomic E-state index is 0.0690. The zero-order valence-corrected chi connectivity index (χ0v) is 18.0. The van der Waals surface area contributed by atoms with Crippen molar-refractivity contribution in [3.8, 4) is 5.75 Å². The maximum Gasteiger partial charge on any atom is 0.410 e. The van der Waals surface area contributed by atoms with Crippen LogP contribution in [0.1, 0.15) is 18.7 Å². The van der Waals surface area contributed by atoms with Crippen molar-refractivity contribution in [3.05, 3.63) is 23.8 Å². The number of hydrogen-bond acceptors (Lipinski definition) is 8. The molecule has 1 aliphatic rings. The highest BCUT2D eigenvalue weighted by Crippen LogP contribution is 2.27. The zero-order valence-electron chi connectivity index (χ0n) is 18.0. The molecular formula is C20H24FN7O4. The van der Waals surface area contributed by atoms with Crippen molar-refractivity contribution in [2.45, 2.75) is 25.3 Å². The summed E-state index contributed by atoms with van der Waals surface area (Å²) >= 11 is 0. The third-order valence-corrected chi connectivity index (χ3v) is 5.54. The lowest BCUT2D eigenvalue weighted by atomic mass is 10.2. The number of nitrogens with zero attached hydrogens (tertiary/aromatic N) is 6. The predicted octanol–water partition coefficient (Wildman–Crippen LogP) is 1.24. The van der Waals surface area contributed by atoms with Gasteiger partial charge in [0.15, 0.2) is 23.0 Å². The predicted molar refractivity (Wildman–Crippen MR) is 113 cm³/mol. The highest BCUT2D eigenvalue weighted by molar-refractivity contribution is 5.93. The summed E-state index contributed by atoms with van der Waals surface area (Å²) in [5, 5.41) is 4.88. The number of ether oxygens (including phenoxy) is 2. The van der Waals surface area contributed by atoms with Crippen LogP contribution in [0.3, 0.4) is 0 Å². The molecule has 1 aliphatic heterocycles. The lowest BCUT2D eigenvalue weighted by molar-refractivity contribution is -0.133. The van der Waals surface area contributed by atoms with Crippen molar-refractivity contribution in [1.29, 1.82) is 0 Å². The highest BCUT2D eigenvalue weighted by Gasteiger charge is 2.36. The Morgan fingerprint density at radius 3 is 2.84 bits per heavy atom. The van der Waals surface area contributed by atoms with Crippen molar-refractivity contribution in [2.75, 3.05) is 40.1 Å². The van der Waals surface area contributed by atoms with Gasteiger partial charge in [0.05, 0.1) is 12.6 Å². The van der Waals surface area contributed by atoms with E-state index in [2.05, 4.69) is 15.1 Å². The van der Waals surface area contributed by atoms with E-state index in [4.69, 9.17) is 15.2 Å². The summed E-state index contributed by atoms with van der Waals surface area (Å²) < 4.78 is 25.5. The monoisotopic (exact) mass is 445 g/mol. The van der Waals surface area contributed by atoms with E-state index in [0.29, 0.717) is 41.8 Å². The Kier molecular flexibility index (Phi) is 5.68. The van der Waals surface area contributed by atoms with Crippen LogP contribution in [0.2, 0.25) is 0 Å². The Labute approximate surface area is 182 Å². The van der Waals surface area contributed by atoms with Crippen molar-refractivity contribution < 1.29 is 23.5 Å². The first-order chi connectivity index (χ1) is 15.3. The van der Waals surface area contributed by atoms with Crippen molar-refractivity contribution >= 4 is 34.5 Å². The second kappa shape index (κ2) is 8.44. The first kappa shape index (κ1) is 21.5. The molecule has 0 aliphatic carbocycles. The maximum atomic E-state index is 14.2. The average molecular weight is 445 g/mol. The van der Waals surface area contributed by atoms with Crippen LogP contribution >= 0.6 is 0 Å². The molecule has 170 valence electrons. The summed E-state index contributed by atoms with van der Waals surface area (Å²) in [6, 6.07) is 2.20. The van der Waals surface area contributed by atoms with Gasteiger partial charge in [0.2, 0.25) is 11.9 Å². The number of fused-ring (bicyclic) bond motifs is 3. The van der Waals surface area contributed by atoms with Gasteiger partial charge in [-0.3, -0.25) is 9.69 Å². The standard InChI is InChI=1S/C20H24FN7O4/c1-26(18(29)14-10-32-20(30)27(14)2)7-5-4-6-16-24-17-11-8-12(21)15(31-3)9-13(11)23-19(22)28(17)25-16/h8-9,14H,4-7,10H2,1-3H3,(H2,22,23)/t14-/m0/s1. The van der Waals surface area contributed by atoms with Gasteiger partial charge in [-0.2, -0.15) is 4.52 Å². The number of carbonyl (C=O) groups is 2. The van der Waals surface area contributed by atoms with Crippen LogP contribution in [0, 0.1) is 5.82 Å². The second-order valence-electron chi connectivity index (χ2n) is 7.66. The molecule has 2 N–H and O–H groups in total. The van der Waals surface area contributed by atoms with Crippen LogP contribution in [-0.2, 0) is 16.0 Å². The van der Waals surface area contributed by atoms with E-state index in [0.717, 1.165) is 6.42 Å². The molecule has 0 saturated carbocycles. The number of cyclic esters (lactones) is 1. The number of anilines is 1. The van der Waals surface area contributed by atoms with E-state index < -0.39 is 18.0 Å². The number of aromatic nitrogens is 4. The summed E-state index contributed by atoms with van der Waals surface area (Å²) in [6.07, 6.45) is 1.49. The molecule has 0 unspecified atom stereocenters. The summed E-state index contributed by atoms with van der Waals surface area (Å²) in [4.78, 5) is 35.6. The number of hydrogen-bond donors (Lipinski definition) is 1. The van der Waals surface area contributed by atoms with Crippen LogP contribution in [0.15, 0.2) is 12.1 Å². The first-order valence-corrected chi connectivity index (χ1v) is 10.1. The number of unbranched alkanes of at least 4 members (excludes halogenated alkanes) is 1. The van der Waals surface area contributed by atoms with Crippen molar-refractivity contribution in [2.24, 2.45) is 0 Å². The molecule has 2 amide bonds. The second-order valence-corrected chi connectivity index (χ2v) is 7.66. The van der Waals surface area contributed by atoms with Crippen LogP contribution < -0.4 is 10.5 Å². The summed E-state index contributed by atoms with van der Waals surface area (Å²) in [7, 11) is 4.63. The number of nitrogen functional groups attached to an aromatic ring is 1. The average Bonchev–Trinajstić information content (AvgIpc) is 3.35. The van der Waals surface area contributed by atoms with Crippen LogP contribution in [0.5, 0.6) is 5.75 Å². The molecule has 1 atom stereocenters. The third-order valence-electron chi connectivity index (χ3n) is 5.54. The lowest BCUT2D eigenvalue weighted by Gasteiger charge is -2.23. The topological polar surface area (TPSA) is 128 Å².